The maximum atomic E-state index is 12.1. The lowest BCUT2D eigenvalue weighted by Crippen LogP contribution is -2.46. The Morgan fingerprint density at radius 1 is 1.12 bits per heavy atom. The van der Waals surface area contributed by atoms with Crippen LogP contribution in [0.15, 0.2) is 30.3 Å². The number of amides is 1. The first-order valence-corrected chi connectivity index (χ1v) is 7.97. The van der Waals surface area contributed by atoms with Gasteiger partial charge in [0, 0.05) is 19.0 Å². The van der Waals surface area contributed by atoms with Crippen molar-refractivity contribution in [3.63, 3.8) is 0 Å². The van der Waals surface area contributed by atoms with Crippen LogP contribution in [0.25, 0.3) is 11.4 Å². The lowest BCUT2D eigenvalue weighted by molar-refractivity contribution is -0.142. The van der Waals surface area contributed by atoms with E-state index in [2.05, 4.69) is 20.4 Å². The van der Waals surface area contributed by atoms with Gasteiger partial charge in [-0.05, 0) is 20.8 Å². The Balaban J connectivity index is 2.12. The normalized spacial score (nSPS) is 12.3. The van der Waals surface area contributed by atoms with E-state index in [9.17, 15) is 14.7 Å². The molecular formula is C17H21N5O4. The van der Waals surface area contributed by atoms with Gasteiger partial charge in [0.05, 0.1) is 0 Å². The van der Waals surface area contributed by atoms with Gasteiger partial charge in [0.1, 0.15) is 11.6 Å². The Hall–Kier alpha value is -3.10. The molecule has 0 aliphatic rings. The molecule has 1 aromatic carbocycles. The number of ether oxygens (including phenoxy) is 1. The van der Waals surface area contributed by atoms with Crippen molar-refractivity contribution in [2.24, 2.45) is 0 Å². The number of likely N-dealkylation sites (N-methyl/N-ethyl adjacent to an activating group) is 1. The maximum Gasteiger partial charge on any atom is 0.410 e. The van der Waals surface area contributed by atoms with Crippen molar-refractivity contribution in [3.8, 4) is 11.4 Å². The molecular weight excluding hydrogens is 338 g/mol. The molecule has 138 valence electrons. The van der Waals surface area contributed by atoms with E-state index >= 15 is 0 Å². The van der Waals surface area contributed by atoms with Crippen LogP contribution in [0.1, 0.15) is 26.6 Å². The van der Waals surface area contributed by atoms with Crippen LogP contribution in [0.2, 0.25) is 0 Å². The van der Waals surface area contributed by atoms with Crippen LogP contribution < -0.4 is 0 Å². The fourth-order valence-corrected chi connectivity index (χ4v) is 2.06. The zero-order valence-corrected chi connectivity index (χ0v) is 15.1. The highest BCUT2D eigenvalue weighted by Crippen LogP contribution is 2.14. The highest BCUT2D eigenvalue weighted by molar-refractivity contribution is 5.80. The Morgan fingerprint density at radius 2 is 1.69 bits per heavy atom. The molecule has 0 radical (unpaired) electrons. The molecule has 0 saturated carbocycles. The Labute approximate surface area is 151 Å². The molecule has 0 aliphatic carbocycles. The van der Waals surface area contributed by atoms with Gasteiger partial charge in [-0.1, -0.05) is 30.3 Å². The van der Waals surface area contributed by atoms with E-state index in [1.807, 2.05) is 30.3 Å². The number of carboxylic acid groups (broad SMARTS) is 1. The second-order valence-corrected chi connectivity index (χ2v) is 6.66. The second-order valence-electron chi connectivity index (χ2n) is 6.66. The molecule has 9 heteroatoms. The fraction of sp³-hybridized carbons (Fsp3) is 0.412. The van der Waals surface area contributed by atoms with Crippen LogP contribution in [0.3, 0.4) is 0 Å². The van der Waals surface area contributed by atoms with E-state index in [1.165, 1.54) is 7.05 Å². The second kappa shape index (κ2) is 7.85. The maximum absolute atomic E-state index is 12.1. The lowest BCUT2D eigenvalue weighted by Gasteiger charge is -2.28. The van der Waals surface area contributed by atoms with Crippen LogP contribution in [-0.4, -0.2) is 61.2 Å². The molecule has 26 heavy (non-hydrogen) atoms. The van der Waals surface area contributed by atoms with Crippen molar-refractivity contribution >= 4 is 12.1 Å². The van der Waals surface area contributed by atoms with Gasteiger partial charge in [-0.25, -0.2) is 9.59 Å². The molecule has 1 heterocycles. The van der Waals surface area contributed by atoms with Crippen LogP contribution in [0.5, 0.6) is 0 Å². The molecule has 2 rings (SSSR count). The largest absolute Gasteiger partial charge is 0.480 e. The topological polar surface area (TPSA) is 118 Å². The molecule has 1 aromatic heterocycles. The van der Waals surface area contributed by atoms with Gasteiger partial charge in [-0.2, -0.15) is 0 Å². The van der Waals surface area contributed by atoms with Gasteiger partial charge in [-0.15, -0.1) is 20.4 Å². The number of nitrogens with zero attached hydrogens (tertiary/aromatic N) is 5. The number of rotatable bonds is 5. The average Bonchev–Trinajstić information content (AvgIpc) is 2.58. The predicted octanol–water partition coefficient (Wildman–Crippen LogP) is 1.80. The summed E-state index contributed by atoms with van der Waals surface area (Å²) in [6, 6.07) is 7.97. The minimum Gasteiger partial charge on any atom is -0.480 e. The Kier molecular flexibility index (Phi) is 5.81. The van der Waals surface area contributed by atoms with Crippen molar-refractivity contribution in [3.05, 3.63) is 36.2 Å². The van der Waals surface area contributed by atoms with Crippen molar-refractivity contribution in [1.82, 2.24) is 25.3 Å². The van der Waals surface area contributed by atoms with Crippen LogP contribution in [-0.2, 0) is 16.0 Å². The van der Waals surface area contributed by atoms with Gasteiger partial charge < -0.3 is 9.84 Å². The molecule has 0 spiro atoms. The SMILES string of the molecule is CN(C(=O)OC(C)(C)C)C(Cc1nnc(-c2ccccc2)nn1)C(=O)O. The number of carbonyl (C=O) groups is 2. The molecule has 1 atom stereocenters. The summed E-state index contributed by atoms with van der Waals surface area (Å²) in [5.41, 5.74) is 0.0189. The lowest BCUT2D eigenvalue weighted by atomic mass is 10.1. The zero-order valence-electron chi connectivity index (χ0n) is 15.1. The van der Waals surface area contributed by atoms with Crippen molar-refractivity contribution < 1.29 is 19.4 Å². The molecule has 1 unspecified atom stereocenters. The first-order valence-electron chi connectivity index (χ1n) is 7.97. The summed E-state index contributed by atoms with van der Waals surface area (Å²) >= 11 is 0. The van der Waals surface area contributed by atoms with Gasteiger partial charge in [0.25, 0.3) is 0 Å². The standard InChI is InChI=1S/C17H21N5O4/c1-17(2,3)26-16(25)22(4)12(15(23)24)10-13-18-20-14(21-19-13)11-8-6-5-7-9-11/h5-9,12H,10H2,1-4H3,(H,23,24). The van der Waals surface area contributed by atoms with Crippen molar-refractivity contribution in [2.75, 3.05) is 7.05 Å². The smallest absolute Gasteiger partial charge is 0.410 e. The third kappa shape index (κ3) is 5.20. The van der Waals surface area contributed by atoms with E-state index in [1.54, 1.807) is 20.8 Å². The molecule has 9 nitrogen and oxygen atoms in total. The summed E-state index contributed by atoms with van der Waals surface area (Å²) in [7, 11) is 1.35. The van der Waals surface area contributed by atoms with E-state index in [0.29, 0.717) is 5.82 Å². The van der Waals surface area contributed by atoms with Gasteiger partial charge in [0.15, 0.2) is 5.82 Å². The highest BCUT2D eigenvalue weighted by Gasteiger charge is 2.31. The van der Waals surface area contributed by atoms with Crippen molar-refractivity contribution in [2.45, 2.75) is 38.8 Å². The van der Waals surface area contributed by atoms with E-state index in [4.69, 9.17) is 4.74 Å². The van der Waals surface area contributed by atoms with E-state index < -0.39 is 23.7 Å². The predicted molar refractivity (Wildman–Crippen MR) is 92.2 cm³/mol. The monoisotopic (exact) mass is 359 g/mol. The number of hydrogen-bond acceptors (Lipinski definition) is 7. The van der Waals surface area contributed by atoms with E-state index in [0.717, 1.165) is 10.5 Å². The summed E-state index contributed by atoms with van der Waals surface area (Å²) in [4.78, 5) is 24.7. The minimum atomic E-state index is -1.20. The summed E-state index contributed by atoms with van der Waals surface area (Å²) in [5, 5.41) is 25.2. The summed E-state index contributed by atoms with van der Waals surface area (Å²) in [5.74, 6) is -0.747. The fourth-order valence-electron chi connectivity index (χ4n) is 2.06. The highest BCUT2D eigenvalue weighted by atomic mass is 16.6. The first-order chi connectivity index (χ1) is 12.2. The number of hydrogen-bond donors (Lipinski definition) is 1. The minimum absolute atomic E-state index is 0.118. The van der Waals surface area contributed by atoms with Crippen LogP contribution in [0.4, 0.5) is 4.79 Å². The van der Waals surface area contributed by atoms with Crippen LogP contribution in [0, 0.1) is 0 Å². The third-order valence-corrected chi connectivity index (χ3v) is 3.36. The summed E-state index contributed by atoms with van der Waals surface area (Å²) < 4.78 is 5.20. The van der Waals surface area contributed by atoms with Gasteiger partial charge >= 0.3 is 12.1 Å². The van der Waals surface area contributed by atoms with Crippen molar-refractivity contribution in [1.29, 1.82) is 0 Å². The number of aromatic nitrogens is 4. The molecule has 2 aromatic rings. The molecule has 0 saturated heterocycles. The number of carboxylic acids is 1. The Morgan fingerprint density at radius 3 is 2.19 bits per heavy atom. The van der Waals surface area contributed by atoms with E-state index in [-0.39, 0.29) is 12.2 Å². The third-order valence-electron chi connectivity index (χ3n) is 3.36. The number of benzene rings is 1. The average molecular weight is 359 g/mol. The molecule has 1 N–H and O–H groups in total. The quantitative estimate of drug-likeness (QED) is 0.858. The summed E-state index contributed by atoms with van der Waals surface area (Å²) in [6.45, 7) is 5.11. The number of aliphatic carboxylic acids is 1. The zero-order chi connectivity index (χ0) is 19.3. The van der Waals surface area contributed by atoms with Gasteiger partial charge in [0.2, 0.25) is 5.82 Å². The number of carbonyl (C=O) groups excluding carboxylic acids is 1. The molecule has 0 fully saturated rings. The first kappa shape index (κ1) is 19.2. The van der Waals surface area contributed by atoms with Crippen LogP contribution >= 0.6 is 0 Å². The molecule has 0 bridgehead atoms. The van der Waals surface area contributed by atoms with Gasteiger partial charge in [-0.3, -0.25) is 4.90 Å². The Bertz CT molecular complexity index is 759. The molecule has 0 aliphatic heterocycles. The molecule has 1 amide bonds. The summed E-state index contributed by atoms with van der Waals surface area (Å²) in [6.07, 6.45) is -0.883.